The van der Waals surface area contributed by atoms with Crippen molar-refractivity contribution in [2.75, 3.05) is 11.9 Å². The maximum atomic E-state index is 12.2. The van der Waals surface area contributed by atoms with E-state index < -0.39 is 0 Å². The van der Waals surface area contributed by atoms with Gasteiger partial charge in [-0.3, -0.25) is 9.36 Å². The molecule has 0 bridgehead atoms. The molecule has 2 aromatic rings. The van der Waals surface area contributed by atoms with E-state index in [1.165, 1.54) is 0 Å². The number of nitrogens with zero attached hydrogens (tertiary/aromatic N) is 3. The molecule has 0 aliphatic carbocycles. The lowest BCUT2D eigenvalue weighted by atomic mass is 9.92. The van der Waals surface area contributed by atoms with E-state index in [1.807, 2.05) is 22.9 Å². The number of hydrogen-bond donors (Lipinski definition) is 2. The molecule has 2 atom stereocenters. The molecule has 3 heterocycles. The number of aromatic nitrogens is 3. The minimum absolute atomic E-state index is 0.0783. The van der Waals surface area contributed by atoms with Gasteiger partial charge in [0, 0.05) is 24.4 Å². The van der Waals surface area contributed by atoms with Crippen LogP contribution in [0.1, 0.15) is 19.8 Å². The van der Waals surface area contributed by atoms with Gasteiger partial charge < -0.3 is 10.6 Å². The maximum absolute atomic E-state index is 12.2. The maximum Gasteiger partial charge on any atom is 0.227 e. The Hall–Kier alpha value is -2.21. The molecular weight excluding hydrogens is 266 g/mol. The largest absolute Gasteiger partial charge is 0.324 e. The summed E-state index contributed by atoms with van der Waals surface area (Å²) < 4.78 is 1.82. The molecular formula is C15H19N5O. The highest BCUT2D eigenvalue weighted by Gasteiger charge is 2.24. The average Bonchev–Trinajstić information content (AvgIpc) is 3.02. The van der Waals surface area contributed by atoms with Crippen LogP contribution in [-0.4, -0.2) is 33.0 Å². The fourth-order valence-electron chi connectivity index (χ4n) is 2.62. The van der Waals surface area contributed by atoms with Crippen LogP contribution in [0.5, 0.6) is 0 Å². The van der Waals surface area contributed by atoms with Crippen LogP contribution in [0.3, 0.4) is 0 Å². The number of imidazole rings is 1. The van der Waals surface area contributed by atoms with Crippen LogP contribution in [-0.2, 0) is 4.79 Å². The lowest BCUT2D eigenvalue weighted by Gasteiger charge is -2.27. The van der Waals surface area contributed by atoms with Gasteiger partial charge >= 0.3 is 0 Å². The van der Waals surface area contributed by atoms with Crippen molar-refractivity contribution in [2.24, 2.45) is 5.92 Å². The zero-order chi connectivity index (χ0) is 14.7. The predicted octanol–water partition coefficient (Wildman–Crippen LogP) is 1.59. The summed E-state index contributed by atoms with van der Waals surface area (Å²) in [6.07, 6.45) is 8.67. The normalized spacial score (nSPS) is 22.0. The van der Waals surface area contributed by atoms with Gasteiger partial charge in [-0.25, -0.2) is 9.97 Å². The molecule has 0 aromatic carbocycles. The highest BCUT2D eigenvalue weighted by molar-refractivity contribution is 5.92. The molecule has 0 spiro atoms. The van der Waals surface area contributed by atoms with Crippen molar-refractivity contribution in [1.29, 1.82) is 0 Å². The van der Waals surface area contributed by atoms with E-state index >= 15 is 0 Å². The van der Waals surface area contributed by atoms with Crippen molar-refractivity contribution in [3.8, 4) is 5.82 Å². The summed E-state index contributed by atoms with van der Waals surface area (Å²) in [5.74, 6) is 0.941. The van der Waals surface area contributed by atoms with E-state index in [1.54, 1.807) is 18.7 Å². The number of amides is 1. The van der Waals surface area contributed by atoms with Crippen molar-refractivity contribution in [3.05, 3.63) is 37.1 Å². The lowest BCUT2D eigenvalue weighted by Crippen LogP contribution is -2.40. The zero-order valence-electron chi connectivity index (χ0n) is 12.0. The number of pyridine rings is 1. The van der Waals surface area contributed by atoms with Crippen molar-refractivity contribution in [2.45, 2.75) is 25.8 Å². The summed E-state index contributed by atoms with van der Waals surface area (Å²) in [5, 5.41) is 6.30. The predicted molar refractivity (Wildman–Crippen MR) is 80.2 cm³/mol. The standard InChI is InChI=1S/C15H19N5O/c1-11-8-12(4-5-17-11)15(21)19-13-2-3-14(18-9-13)20-7-6-16-10-20/h2-3,6-7,9-12,17H,4-5,8H2,1H3,(H,19,21). The molecule has 6 heteroatoms. The van der Waals surface area contributed by atoms with Gasteiger partial charge in [-0.05, 0) is 38.4 Å². The summed E-state index contributed by atoms with van der Waals surface area (Å²) in [7, 11) is 0. The Morgan fingerprint density at radius 2 is 2.38 bits per heavy atom. The Balaban J connectivity index is 1.63. The third kappa shape index (κ3) is 3.28. The first kappa shape index (κ1) is 13.8. The monoisotopic (exact) mass is 285 g/mol. The van der Waals surface area contributed by atoms with Crippen molar-refractivity contribution >= 4 is 11.6 Å². The fourth-order valence-corrected chi connectivity index (χ4v) is 2.62. The molecule has 21 heavy (non-hydrogen) atoms. The van der Waals surface area contributed by atoms with Gasteiger partial charge in [-0.2, -0.15) is 0 Å². The third-order valence-corrected chi connectivity index (χ3v) is 3.78. The molecule has 110 valence electrons. The summed E-state index contributed by atoms with van der Waals surface area (Å²) in [4.78, 5) is 20.6. The SMILES string of the molecule is CC1CC(C(=O)Nc2ccc(-n3ccnc3)nc2)CCN1. The molecule has 2 N–H and O–H groups in total. The van der Waals surface area contributed by atoms with Crippen molar-refractivity contribution in [1.82, 2.24) is 19.9 Å². The number of anilines is 1. The number of piperidine rings is 1. The van der Waals surface area contributed by atoms with E-state index in [-0.39, 0.29) is 11.8 Å². The summed E-state index contributed by atoms with van der Waals surface area (Å²) in [5.41, 5.74) is 0.732. The van der Waals surface area contributed by atoms with Crippen LogP contribution in [0.25, 0.3) is 5.82 Å². The molecule has 3 rings (SSSR count). The van der Waals surface area contributed by atoms with Crippen molar-refractivity contribution < 1.29 is 4.79 Å². The molecule has 6 nitrogen and oxygen atoms in total. The van der Waals surface area contributed by atoms with Crippen LogP contribution in [0.4, 0.5) is 5.69 Å². The molecule has 1 amide bonds. The molecule has 0 radical (unpaired) electrons. The molecule has 2 aromatic heterocycles. The number of nitrogens with one attached hydrogen (secondary N) is 2. The van der Waals surface area contributed by atoms with Gasteiger partial charge in [0.05, 0.1) is 11.9 Å². The third-order valence-electron chi connectivity index (χ3n) is 3.78. The van der Waals surface area contributed by atoms with E-state index in [0.29, 0.717) is 6.04 Å². The Morgan fingerprint density at radius 3 is 3.05 bits per heavy atom. The highest BCUT2D eigenvalue weighted by atomic mass is 16.1. The average molecular weight is 285 g/mol. The second-order valence-electron chi connectivity index (χ2n) is 5.44. The fraction of sp³-hybridized carbons (Fsp3) is 0.400. The minimum atomic E-state index is 0.0783. The Morgan fingerprint density at radius 1 is 1.48 bits per heavy atom. The van der Waals surface area contributed by atoms with Gasteiger partial charge in [-0.1, -0.05) is 0 Å². The summed E-state index contributed by atoms with van der Waals surface area (Å²) >= 11 is 0. The van der Waals surface area contributed by atoms with Crippen LogP contribution in [0.2, 0.25) is 0 Å². The Labute approximate surface area is 123 Å². The molecule has 1 saturated heterocycles. The number of hydrogen-bond acceptors (Lipinski definition) is 4. The number of rotatable bonds is 3. The van der Waals surface area contributed by atoms with Gasteiger partial charge in [0.25, 0.3) is 0 Å². The number of carbonyl (C=O) groups is 1. The quantitative estimate of drug-likeness (QED) is 0.898. The first-order valence-electron chi connectivity index (χ1n) is 7.21. The molecule has 2 unspecified atom stereocenters. The Bertz CT molecular complexity index is 593. The second kappa shape index (κ2) is 6.05. The zero-order valence-corrected chi connectivity index (χ0v) is 12.0. The summed E-state index contributed by atoms with van der Waals surface area (Å²) in [6, 6.07) is 4.13. The first-order valence-corrected chi connectivity index (χ1v) is 7.21. The topological polar surface area (TPSA) is 71.8 Å². The van der Waals surface area contributed by atoms with E-state index in [0.717, 1.165) is 30.9 Å². The van der Waals surface area contributed by atoms with Crippen LogP contribution in [0.15, 0.2) is 37.1 Å². The second-order valence-corrected chi connectivity index (χ2v) is 5.44. The Kier molecular flexibility index (Phi) is 3.96. The van der Waals surface area contributed by atoms with Crippen LogP contribution < -0.4 is 10.6 Å². The smallest absolute Gasteiger partial charge is 0.227 e. The van der Waals surface area contributed by atoms with Gasteiger partial charge in [-0.15, -0.1) is 0 Å². The minimum Gasteiger partial charge on any atom is -0.324 e. The molecule has 0 saturated carbocycles. The summed E-state index contributed by atoms with van der Waals surface area (Å²) in [6.45, 7) is 3.01. The van der Waals surface area contributed by atoms with Crippen molar-refractivity contribution in [3.63, 3.8) is 0 Å². The number of carbonyl (C=O) groups excluding carboxylic acids is 1. The van der Waals surface area contributed by atoms with Gasteiger partial charge in [0.2, 0.25) is 5.91 Å². The van der Waals surface area contributed by atoms with Crippen LogP contribution in [0, 0.1) is 5.92 Å². The molecule has 1 aliphatic rings. The highest BCUT2D eigenvalue weighted by Crippen LogP contribution is 2.18. The van der Waals surface area contributed by atoms with Gasteiger partial charge in [0.1, 0.15) is 12.1 Å². The lowest BCUT2D eigenvalue weighted by molar-refractivity contribution is -0.120. The molecule has 1 fully saturated rings. The van der Waals surface area contributed by atoms with E-state index in [2.05, 4.69) is 27.5 Å². The molecule has 1 aliphatic heterocycles. The van der Waals surface area contributed by atoms with Gasteiger partial charge in [0.15, 0.2) is 0 Å². The van der Waals surface area contributed by atoms with E-state index in [9.17, 15) is 4.79 Å². The first-order chi connectivity index (χ1) is 10.2. The van der Waals surface area contributed by atoms with Crippen LogP contribution >= 0.6 is 0 Å². The van der Waals surface area contributed by atoms with E-state index in [4.69, 9.17) is 0 Å².